The van der Waals surface area contributed by atoms with Crippen LogP contribution in [-0.4, -0.2) is 46.4 Å². The number of benzene rings is 2. The van der Waals surface area contributed by atoms with Crippen molar-refractivity contribution in [2.75, 3.05) is 28.6 Å². The van der Waals surface area contributed by atoms with Crippen molar-refractivity contribution in [3.05, 3.63) is 125 Å². The van der Waals surface area contributed by atoms with E-state index >= 15 is 0 Å². The number of nitrogens with zero attached hydrogens (tertiary/aromatic N) is 8. The third-order valence-corrected chi connectivity index (χ3v) is 11.5. The molecule has 13 nitrogen and oxygen atoms in total. The number of aliphatic imine (C=N–C) groups is 4. The number of nitrogens with one attached hydrogen (secondary N) is 2. The topological polar surface area (TPSA) is 156 Å². The van der Waals surface area contributed by atoms with Gasteiger partial charge in [-0.3, -0.25) is 0 Å². The molecule has 296 valence electrons. The molecule has 2 N–H and O–H groups in total. The van der Waals surface area contributed by atoms with Gasteiger partial charge in [0.25, 0.3) is 5.89 Å². The number of nitriles is 1. The number of aromatic nitrogens is 1. The maximum atomic E-state index is 9.54. The number of hydrogen-bond donors (Lipinski definition) is 2. The van der Waals surface area contributed by atoms with Crippen molar-refractivity contribution in [2.45, 2.75) is 77.6 Å². The van der Waals surface area contributed by atoms with E-state index < -0.39 is 0 Å². The molecule has 1 saturated heterocycles. The molecule has 3 aromatic heterocycles. The molecule has 5 aliphatic rings. The largest absolute Gasteiger partial charge is 0.446 e. The molecule has 0 unspecified atom stereocenters. The number of hydrogen-bond acceptors (Lipinski definition) is 13. The van der Waals surface area contributed by atoms with Gasteiger partial charge < -0.3 is 28.8 Å². The Morgan fingerprint density at radius 3 is 2.10 bits per heavy atom. The summed E-state index contributed by atoms with van der Waals surface area (Å²) >= 11 is 0. The lowest BCUT2D eigenvalue weighted by molar-refractivity contribution is 0.545. The van der Waals surface area contributed by atoms with Crippen molar-refractivity contribution >= 4 is 58.0 Å². The predicted molar refractivity (Wildman–Crippen MR) is 230 cm³/mol. The van der Waals surface area contributed by atoms with Crippen molar-refractivity contribution in [1.29, 1.82) is 5.26 Å². The molecular formula is C46H44N10O3. The first kappa shape index (κ1) is 36.4. The number of aryl methyl sites for hydroxylation is 2. The maximum absolute atomic E-state index is 9.54. The SMILES string of the molecule is Cc1ccc(Nc2cc(C3CCCCCC3)ccc2C2=CC3=CC(c4ccc(N5CCCCC5)cc4Nc4ccc(C)o4)=NC4=NC(c5nc(C#N)co5)=NC(=N2)N34)o1. The monoisotopic (exact) mass is 784 g/mol. The van der Waals surface area contributed by atoms with Gasteiger partial charge in [-0.15, -0.1) is 0 Å². The number of guanidine groups is 2. The quantitative estimate of drug-likeness (QED) is 0.139. The van der Waals surface area contributed by atoms with E-state index in [4.69, 9.17) is 33.2 Å². The van der Waals surface area contributed by atoms with Gasteiger partial charge in [-0.25, -0.2) is 14.9 Å². The van der Waals surface area contributed by atoms with Crippen LogP contribution >= 0.6 is 0 Å². The fraction of sp³-hybridized carbons (Fsp3) is 0.304. The third kappa shape index (κ3) is 7.38. The summed E-state index contributed by atoms with van der Waals surface area (Å²) < 4.78 is 17.7. The van der Waals surface area contributed by atoms with Gasteiger partial charge in [0.05, 0.1) is 28.5 Å². The van der Waals surface area contributed by atoms with Gasteiger partial charge in [-0.2, -0.15) is 20.2 Å². The fourth-order valence-electron chi connectivity index (χ4n) is 8.55. The minimum Gasteiger partial charge on any atom is -0.446 e. The molecular weight excluding hydrogens is 741 g/mol. The summed E-state index contributed by atoms with van der Waals surface area (Å²) in [5.41, 5.74) is 8.24. The van der Waals surface area contributed by atoms with E-state index in [1.54, 1.807) is 0 Å². The van der Waals surface area contributed by atoms with Gasteiger partial charge in [-0.1, -0.05) is 37.8 Å². The molecule has 1 aliphatic carbocycles. The van der Waals surface area contributed by atoms with Crippen LogP contribution in [0.4, 0.5) is 28.8 Å². The normalized spacial score (nSPS) is 18.1. The molecule has 0 radical (unpaired) electrons. The lowest BCUT2D eigenvalue weighted by Gasteiger charge is -2.33. The van der Waals surface area contributed by atoms with Gasteiger partial charge in [0, 0.05) is 42.0 Å². The lowest BCUT2D eigenvalue weighted by atomic mass is 9.90. The highest BCUT2D eigenvalue weighted by atomic mass is 16.4. The lowest BCUT2D eigenvalue weighted by Crippen LogP contribution is -2.42. The summed E-state index contributed by atoms with van der Waals surface area (Å²) in [6.07, 6.45) is 16.4. The Morgan fingerprint density at radius 1 is 0.712 bits per heavy atom. The van der Waals surface area contributed by atoms with E-state index in [1.807, 2.05) is 55.2 Å². The van der Waals surface area contributed by atoms with Crippen molar-refractivity contribution < 1.29 is 13.3 Å². The predicted octanol–water partition coefficient (Wildman–Crippen LogP) is 10.5. The molecule has 7 heterocycles. The highest BCUT2D eigenvalue weighted by Gasteiger charge is 2.35. The second-order valence-corrected chi connectivity index (χ2v) is 15.7. The molecule has 13 heteroatoms. The van der Waals surface area contributed by atoms with Gasteiger partial charge in [-0.05, 0) is 106 Å². The summed E-state index contributed by atoms with van der Waals surface area (Å²) in [5, 5.41) is 16.7. The summed E-state index contributed by atoms with van der Waals surface area (Å²) in [4.78, 5) is 28.6. The summed E-state index contributed by atoms with van der Waals surface area (Å²) in [6.45, 7) is 5.90. The Hall–Kier alpha value is -6.94. The van der Waals surface area contributed by atoms with Crippen LogP contribution in [0.2, 0.25) is 0 Å². The van der Waals surface area contributed by atoms with E-state index in [-0.39, 0.29) is 17.4 Å². The van der Waals surface area contributed by atoms with E-state index in [0.29, 0.717) is 41.0 Å². The highest BCUT2D eigenvalue weighted by Crippen LogP contribution is 2.40. The van der Waals surface area contributed by atoms with E-state index in [1.165, 1.54) is 69.6 Å². The molecule has 4 aliphatic heterocycles. The Labute approximate surface area is 342 Å². The van der Waals surface area contributed by atoms with Crippen LogP contribution in [0.25, 0.3) is 5.70 Å². The van der Waals surface area contributed by atoms with Crippen molar-refractivity contribution in [2.24, 2.45) is 20.0 Å². The number of amidine groups is 1. The standard InChI is InChI=1S/C46H44N10O3/c1-28-12-18-41(58-28)49-37-22-31(30-10-6-3-4-7-11-30)14-16-35(37)39-24-34-25-40(52-46-54-43(53-45(51-39)56(34)46)44-48-32(26-47)27-57-44)36-17-15-33(55-20-8-5-9-21-55)23-38(36)50-42-19-13-29(2)59-42/h12-19,22-25,27,30,49-50H,3-11,20-21H2,1-2H3. The smallest absolute Gasteiger partial charge is 0.266 e. The number of allylic oxidation sites excluding steroid dienone is 2. The number of rotatable bonds is 9. The molecule has 10 rings (SSSR count). The van der Waals surface area contributed by atoms with Crippen LogP contribution in [0.3, 0.4) is 0 Å². The second kappa shape index (κ2) is 15.4. The second-order valence-electron chi connectivity index (χ2n) is 15.7. The summed E-state index contributed by atoms with van der Waals surface area (Å²) in [5.74, 6) is 4.39. The molecule has 1 saturated carbocycles. The molecule has 59 heavy (non-hydrogen) atoms. The zero-order valence-electron chi connectivity index (χ0n) is 33.2. The summed E-state index contributed by atoms with van der Waals surface area (Å²) in [7, 11) is 0. The molecule has 5 aromatic rings. The van der Waals surface area contributed by atoms with Crippen LogP contribution < -0.4 is 15.5 Å². The zero-order valence-corrected chi connectivity index (χ0v) is 33.2. The highest BCUT2D eigenvalue weighted by molar-refractivity contribution is 6.26. The van der Waals surface area contributed by atoms with Crippen LogP contribution in [0, 0.1) is 25.2 Å². The minimum atomic E-state index is 0.102. The van der Waals surface area contributed by atoms with Crippen LogP contribution in [0.5, 0.6) is 0 Å². The molecule has 2 aromatic carbocycles. The van der Waals surface area contributed by atoms with Crippen LogP contribution in [-0.2, 0) is 0 Å². The van der Waals surface area contributed by atoms with Gasteiger partial charge in [0.1, 0.15) is 23.9 Å². The average molecular weight is 785 g/mol. The molecule has 0 amide bonds. The van der Waals surface area contributed by atoms with Crippen LogP contribution in [0.15, 0.2) is 118 Å². The Balaban J connectivity index is 1.11. The van der Waals surface area contributed by atoms with E-state index in [9.17, 15) is 5.26 Å². The fourth-order valence-corrected chi connectivity index (χ4v) is 8.55. The number of piperidine rings is 1. The van der Waals surface area contributed by atoms with Crippen molar-refractivity contribution in [3.8, 4) is 6.07 Å². The Bertz CT molecular complexity index is 2670. The minimum absolute atomic E-state index is 0.102. The third-order valence-electron chi connectivity index (χ3n) is 11.5. The number of furan rings is 2. The molecule has 0 bridgehead atoms. The summed E-state index contributed by atoms with van der Waals surface area (Å²) in [6, 6.07) is 22.9. The van der Waals surface area contributed by atoms with Crippen molar-refractivity contribution in [1.82, 2.24) is 9.88 Å². The van der Waals surface area contributed by atoms with Gasteiger partial charge >= 0.3 is 0 Å². The van der Waals surface area contributed by atoms with Crippen LogP contribution in [0.1, 0.15) is 104 Å². The number of oxazole rings is 1. The zero-order chi connectivity index (χ0) is 39.9. The molecule has 2 fully saturated rings. The van der Waals surface area contributed by atoms with Crippen molar-refractivity contribution in [3.63, 3.8) is 0 Å². The average Bonchev–Trinajstić information content (AvgIpc) is 3.96. The van der Waals surface area contributed by atoms with E-state index in [0.717, 1.165) is 58.5 Å². The van der Waals surface area contributed by atoms with Gasteiger partial charge in [0.2, 0.25) is 17.8 Å². The first-order chi connectivity index (χ1) is 28.9. The first-order valence-electron chi connectivity index (χ1n) is 20.6. The van der Waals surface area contributed by atoms with E-state index in [2.05, 4.69) is 63.0 Å². The molecule has 0 atom stereocenters. The number of anilines is 5. The first-order valence-corrected chi connectivity index (χ1v) is 20.6. The Kier molecular flexibility index (Phi) is 9.52. The molecule has 0 spiro atoms. The Morgan fingerprint density at radius 2 is 1.41 bits per heavy atom. The maximum Gasteiger partial charge on any atom is 0.266 e. The van der Waals surface area contributed by atoms with Gasteiger partial charge in [0.15, 0.2) is 17.5 Å².